The van der Waals surface area contributed by atoms with Crippen molar-refractivity contribution in [2.75, 3.05) is 10.5 Å². The molecule has 0 saturated heterocycles. The van der Waals surface area contributed by atoms with Crippen molar-refractivity contribution in [2.24, 2.45) is 0 Å². The molecule has 1 aromatic carbocycles. The molecule has 2 aromatic rings. The minimum absolute atomic E-state index is 0.0191. The molecule has 0 aliphatic carbocycles. The average Bonchev–Trinajstić information content (AvgIpc) is 2.66. The number of aromatic nitrogens is 1. The quantitative estimate of drug-likeness (QED) is 0.844. The zero-order valence-corrected chi connectivity index (χ0v) is 10.4. The Balaban J connectivity index is 2.48. The fourth-order valence-electron chi connectivity index (χ4n) is 1.28. The van der Waals surface area contributed by atoms with E-state index in [1.165, 1.54) is 11.6 Å². The summed E-state index contributed by atoms with van der Waals surface area (Å²) in [7, 11) is -4.37. The van der Waals surface area contributed by atoms with Gasteiger partial charge in [0, 0.05) is 17.3 Å². The topological polar surface area (TPSA) is 85.1 Å². The second-order valence-electron chi connectivity index (χ2n) is 3.26. The van der Waals surface area contributed by atoms with E-state index in [1.807, 2.05) is 4.72 Å². The van der Waals surface area contributed by atoms with Crippen LogP contribution in [0.5, 0.6) is 0 Å². The first-order valence-electron chi connectivity index (χ1n) is 4.57. The highest BCUT2D eigenvalue weighted by Gasteiger charge is 2.25. The molecule has 0 aliphatic heterocycles. The van der Waals surface area contributed by atoms with Gasteiger partial charge in [0.2, 0.25) is 0 Å². The minimum Gasteiger partial charge on any atom is -0.399 e. The maximum atomic E-state index is 13.5. The summed E-state index contributed by atoms with van der Waals surface area (Å²) in [4.78, 5) is 2.59. The largest absolute Gasteiger partial charge is 0.399 e. The molecule has 0 aliphatic rings. The lowest BCUT2D eigenvalue weighted by Gasteiger charge is -2.08. The Morgan fingerprint density at radius 3 is 2.39 bits per heavy atom. The van der Waals surface area contributed by atoms with E-state index >= 15 is 0 Å². The van der Waals surface area contributed by atoms with Gasteiger partial charge in [-0.2, -0.15) is 0 Å². The number of hydrogen-bond acceptors (Lipinski definition) is 5. The summed E-state index contributed by atoms with van der Waals surface area (Å²) < 4.78 is 52.5. The normalized spacial score (nSPS) is 11.4. The number of sulfonamides is 1. The smallest absolute Gasteiger partial charge is 0.269 e. The van der Waals surface area contributed by atoms with E-state index in [9.17, 15) is 17.2 Å². The van der Waals surface area contributed by atoms with Crippen molar-refractivity contribution in [3.8, 4) is 0 Å². The van der Waals surface area contributed by atoms with Gasteiger partial charge in [0.25, 0.3) is 10.0 Å². The van der Waals surface area contributed by atoms with Gasteiger partial charge in [-0.1, -0.05) is 0 Å². The summed E-state index contributed by atoms with van der Waals surface area (Å²) >= 11 is 0.988. The van der Waals surface area contributed by atoms with Crippen LogP contribution in [0.4, 0.5) is 19.6 Å². The molecule has 0 atom stereocenters. The first-order chi connectivity index (χ1) is 8.40. The Labute approximate surface area is 105 Å². The molecule has 5 nitrogen and oxygen atoms in total. The zero-order chi connectivity index (χ0) is 13.3. The van der Waals surface area contributed by atoms with Gasteiger partial charge in [0.1, 0.15) is 11.6 Å². The van der Waals surface area contributed by atoms with Crippen molar-refractivity contribution < 1.29 is 17.2 Å². The Bertz CT molecular complexity index is 648. The molecular weight excluding hydrogens is 284 g/mol. The van der Waals surface area contributed by atoms with Gasteiger partial charge in [0.15, 0.2) is 10.0 Å². The molecule has 0 spiro atoms. The summed E-state index contributed by atoms with van der Waals surface area (Å²) in [5.74, 6) is -2.51. The predicted octanol–water partition coefficient (Wildman–Crippen LogP) is 1.80. The van der Waals surface area contributed by atoms with E-state index in [0.717, 1.165) is 23.5 Å². The standard InChI is InChI=1S/C9H7F2N3O2S2/c10-6-3-5(12)4-7(11)8(6)18(15,16)14-9-13-1-2-17-9/h1-4H,12H2,(H,13,14). The zero-order valence-electron chi connectivity index (χ0n) is 8.72. The van der Waals surface area contributed by atoms with E-state index in [0.29, 0.717) is 0 Å². The molecule has 0 amide bonds. The van der Waals surface area contributed by atoms with Gasteiger partial charge >= 0.3 is 0 Å². The molecule has 0 radical (unpaired) electrons. The third-order valence-electron chi connectivity index (χ3n) is 1.94. The number of nitrogens with one attached hydrogen (secondary N) is 1. The summed E-state index contributed by atoms with van der Waals surface area (Å²) in [5.41, 5.74) is 5.01. The van der Waals surface area contributed by atoms with E-state index in [4.69, 9.17) is 5.73 Å². The lowest BCUT2D eigenvalue weighted by Crippen LogP contribution is -2.16. The third-order valence-corrected chi connectivity index (χ3v) is 4.15. The van der Waals surface area contributed by atoms with Crippen LogP contribution in [0, 0.1) is 11.6 Å². The molecule has 1 aromatic heterocycles. The summed E-state index contributed by atoms with van der Waals surface area (Å²) in [6.07, 6.45) is 1.36. The number of rotatable bonds is 3. The number of nitrogens with zero attached hydrogens (tertiary/aromatic N) is 1. The molecule has 3 N–H and O–H groups in total. The highest BCUT2D eigenvalue weighted by Crippen LogP contribution is 2.24. The van der Waals surface area contributed by atoms with Crippen LogP contribution in [0.25, 0.3) is 0 Å². The van der Waals surface area contributed by atoms with E-state index in [2.05, 4.69) is 4.98 Å². The van der Waals surface area contributed by atoms with Crippen molar-refractivity contribution in [3.63, 3.8) is 0 Å². The second kappa shape index (κ2) is 4.50. The monoisotopic (exact) mass is 291 g/mol. The first kappa shape index (κ1) is 12.7. The van der Waals surface area contributed by atoms with E-state index in [-0.39, 0.29) is 10.8 Å². The van der Waals surface area contributed by atoms with E-state index in [1.54, 1.807) is 0 Å². The Morgan fingerprint density at radius 2 is 1.89 bits per heavy atom. The van der Waals surface area contributed by atoms with Crippen LogP contribution in [0.1, 0.15) is 0 Å². The van der Waals surface area contributed by atoms with Crippen molar-refractivity contribution in [3.05, 3.63) is 35.3 Å². The highest BCUT2D eigenvalue weighted by molar-refractivity contribution is 7.93. The van der Waals surface area contributed by atoms with Crippen molar-refractivity contribution >= 4 is 32.2 Å². The summed E-state index contributed by atoms with van der Waals surface area (Å²) in [6, 6.07) is 1.47. The Kier molecular flexibility index (Phi) is 3.18. The lowest BCUT2D eigenvalue weighted by atomic mass is 10.3. The number of benzene rings is 1. The number of halogens is 2. The fourth-order valence-corrected chi connectivity index (χ4v) is 3.19. The van der Waals surface area contributed by atoms with Crippen LogP contribution in [0.3, 0.4) is 0 Å². The number of hydrogen-bond donors (Lipinski definition) is 2. The van der Waals surface area contributed by atoms with Gasteiger partial charge in [-0.15, -0.1) is 11.3 Å². The Morgan fingerprint density at radius 1 is 1.28 bits per heavy atom. The molecule has 1 heterocycles. The Hall–Kier alpha value is -1.74. The molecule has 0 fully saturated rings. The summed E-state index contributed by atoms with van der Waals surface area (Å²) in [6.45, 7) is 0. The molecule has 18 heavy (non-hydrogen) atoms. The van der Waals surface area contributed by atoms with Gasteiger partial charge in [-0.05, 0) is 12.1 Å². The molecule has 0 saturated carbocycles. The maximum Gasteiger partial charge on any atom is 0.269 e. The molecule has 9 heteroatoms. The third kappa shape index (κ3) is 2.41. The maximum absolute atomic E-state index is 13.5. The number of thiazole rings is 1. The highest BCUT2D eigenvalue weighted by atomic mass is 32.2. The number of anilines is 2. The average molecular weight is 291 g/mol. The first-order valence-corrected chi connectivity index (χ1v) is 6.93. The number of nitrogen functional groups attached to an aromatic ring is 1. The molecular formula is C9H7F2N3O2S2. The molecule has 0 unspecified atom stereocenters. The SMILES string of the molecule is Nc1cc(F)c(S(=O)(=O)Nc2nccs2)c(F)c1. The van der Waals surface area contributed by atoms with Crippen molar-refractivity contribution in [2.45, 2.75) is 4.90 Å². The van der Waals surface area contributed by atoms with Gasteiger partial charge in [-0.3, -0.25) is 4.72 Å². The van der Waals surface area contributed by atoms with Crippen molar-refractivity contribution in [1.29, 1.82) is 0 Å². The fraction of sp³-hybridized carbons (Fsp3) is 0. The van der Waals surface area contributed by atoms with Gasteiger partial charge in [-0.25, -0.2) is 22.2 Å². The lowest BCUT2D eigenvalue weighted by molar-refractivity contribution is 0.522. The van der Waals surface area contributed by atoms with Crippen LogP contribution in [-0.2, 0) is 10.0 Å². The molecule has 0 bridgehead atoms. The minimum atomic E-state index is -4.37. The van der Waals surface area contributed by atoms with Crippen LogP contribution < -0.4 is 10.5 Å². The van der Waals surface area contributed by atoms with Crippen LogP contribution >= 0.6 is 11.3 Å². The number of nitrogens with two attached hydrogens (primary N) is 1. The van der Waals surface area contributed by atoms with Crippen LogP contribution in [0.15, 0.2) is 28.6 Å². The van der Waals surface area contributed by atoms with Crippen molar-refractivity contribution in [1.82, 2.24) is 4.98 Å². The molecule has 96 valence electrons. The van der Waals surface area contributed by atoms with Gasteiger partial charge in [0.05, 0.1) is 0 Å². The summed E-state index contributed by atoms with van der Waals surface area (Å²) in [5, 5.41) is 1.54. The second-order valence-corrected chi connectivity index (χ2v) is 5.77. The predicted molar refractivity (Wildman–Crippen MR) is 63.7 cm³/mol. The molecule has 2 rings (SSSR count). The van der Waals surface area contributed by atoms with Crippen LogP contribution in [-0.4, -0.2) is 13.4 Å². The van der Waals surface area contributed by atoms with Gasteiger partial charge < -0.3 is 5.73 Å². The van der Waals surface area contributed by atoms with E-state index < -0.39 is 26.6 Å². The van der Waals surface area contributed by atoms with Crippen LogP contribution in [0.2, 0.25) is 0 Å².